The molecule has 0 bridgehead atoms. The molecule has 0 radical (unpaired) electrons. The van der Waals surface area contributed by atoms with E-state index >= 15 is 0 Å². The van der Waals surface area contributed by atoms with Gasteiger partial charge in [-0.25, -0.2) is 0 Å². The Kier molecular flexibility index (Phi) is 2.75. The number of nitrogens with zero attached hydrogens (tertiary/aromatic N) is 2. The van der Waals surface area contributed by atoms with E-state index in [1.165, 1.54) is 0 Å². The van der Waals surface area contributed by atoms with Gasteiger partial charge in [0, 0.05) is 6.42 Å². The van der Waals surface area contributed by atoms with E-state index in [9.17, 15) is 0 Å². The average Bonchev–Trinajstić information content (AvgIpc) is 2.31. The summed E-state index contributed by atoms with van der Waals surface area (Å²) in [6, 6.07) is 10.0. The molecule has 2 nitrogen and oxygen atoms in total. The molecule has 0 N–H and O–H groups in total. The number of allylic oxidation sites excluding steroid dienone is 5. The number of hydrogen-bond acceptors (Lipinski definition) is 0. The Morgan fingerprint density at radius 1 is 1.20 bits per heavy atom. The van der Waals surface area contributed by atoms with Crippen molar-refractivity contribution in [3.8, 4) is 0 Å². The highest BCUT2D eigenvalue weighted by Crippen LogP contribution is 2.26. The first kappa shape index (κ1) is 9.42. The van der Waals surface area contributed by atoms with E-state index in [1.807, 2.05) is 48.6 Å². The van der Waals surface area contributed by atoms with Crippen molar-refractivity contribution < 1.29 is 4.79 Å². The molecule has 0 amide bonds. The third-order valence-corrected chi connectivity index (χ3v) is 2.32. The van der Waals surface area contributed by atoms with Crippen LogP contribution in [0.15, 0.2) is 54.1 Å². The number of hydrogen-bond donors (Lipinski definition) is 0. The molecule has 1 aromatic rings. The van der Waals surface area contributed by atoms with E-state index in [0.29, 0.717) is 0 Å². The summed E-state index contributed by atoms with van der Waals surface area (Å²) in [6.07, 6.45) is 6.78. The maximum absolute atomic E-state index is 8.52. The monoisotopic (exact) mass is 194 g/mol. The minimum atomic E-state index is 0.755. The van der Waals surface area contributed by atoms with Crippen molar-refractivity contribution in [3.63, 3.8) is 0 Å². The second-order valence-electron chi connectivity index (χ2n) is 3.27. The number of rotatable bonds is 1. The predicted molar refractivity (Wildman–Crippen MR) is 60.3 cm³/mol. The Bertz CT molecular complexity index is 497. The topological polar surface area (TPSA) is 36.4 Å². The largest absolute Gasteiger partial charge is 0.348 e. The zero-order chi connectivity index (χ0) is 10.5. The maximum Gasteiger partial charge on any atom is 0.304 e. The first-order valence-corrected chi connectivity index (χ1v) is 4.80. The first-order valence-electron chi connectivity index (χ1n) is 4.80. The van der Waals surface area contributed by atoms with Crippen molar-refractivity contribution in [2.24, 2.45) is 0 Å². The van der Waals surface area contributed by atoms with Crippen molar-refractivity contribution in [1.82, 2.24) is 0 Å². The van der Waals surface area contributed by atoms with Crippen molar-refractivity contribution in [3.05, 3.63) is 65.2 Å². The molecule has 2 heteroatoms. The highest BCUT2D eigenvalue weighted by atomic mass is 14.8. The third kappa shape index (κ3) is 2.03. The van der Waals surface area contributed by atoms with Crippen molar-refractivity contribution in [2.75, 3.05) is 0 Å². The van der Waals surface area contributed by atoms with Gasteiger partial charge in [0.1, 0.15) is 0 Å². The quantitative estimate of drug-likeness (QED) is 0.374. The van der Waals surface area contributed by atoms with Gasteiger partial charge in [-0.1, -0.05) is 48.6 Å². The molecule has 0 atom stereocenters. The van der Waals surface area contributed by atoms with Crippen LogP contribution in [-0.4, -0.2) is 10.7 Å². The number of benzene rings is 1. The summed E-state index contributed by atoms with van der Waals surface area (Å²) in [5.74, 6) is 2.61. The Morgan fingerprint density at radius 2 is 2.00 bits per heavy atom. The molecule has 0 unspecified atom stereocenters. The molecule has 1 aliphatic carbocycles. The average molecular weight is 194 g/mol. The minimum absolute atomic E-state index is 0.755. The lowest BCUT2D eigenvalue weighted by Gasteiger charge is -2.08. The molecular weight excluding hydrogens is 184 g/mol. The summed E-state index contributed by atoms with van der Waals surface area (Å²) in [5, 5.41) is 0. The summed E-state index contributed by atoms with van der Waals surface area (Å²) in [7, 11) is 0. The minimum Gasteiger partial charge on any atom is -0.348 e. The Morgan fingerprint density at radius 3 is 2.73 bits per heavy atom. The van der Waals surface area contributed by atoms with Gasteiger partial charge in [-0.05, 0) is 11.1 Å². The molecule has 2 rings (SSSR count). The van der Waals surface area contributed by atoms with Gasteiger partial charge in [-0.15, -0.1) is 4.79 Å². The molecule has 0 saturated heterocycles. The summed E-state index contributed by atoms with van der Waals surface area (Å²) in [5.41, 5.74) is 11.6. The van der Waals surface area contributed by atoms with E-state index in [-0.39, 0.29) is 0 Å². The van der Waals surface area contributed by atoms with Crippen LogP contribution in [0.3, 0.4) is 0 Å². The molecule has 0 heterocycles. The molecular formula is C13H10N2. The fourth-order valence-electron chi connectivity index (χ4n) is 1.62. The lowest BCUT2D eigenvalue weighted by Crippen LogP contribution is -1.93. The maximum atomic E-state index is 8.52. The van der Waals surface area contributed by atoms with Gasteiger partial charge in [0.05, 0.1) is 5.57 Å². The van der Waals surface area contributed by atoms with Crippen LogP contribution >= 0.6 is 0 Å². The lowest BCUT2D eigenvalue weighted by molar-refractivity contribution is 0.00757. The van der Waals surface area contributed by atoms with Gasteiger partial charge in [0.2, 0.25) is 0 Å². The van der Waals surface area contributed by atoms with Gasteiger partial charge in [-0.2, -0.15) is 0 Å². The fourth-order valence-corrected chi connectivity index (χ4v) is 1.62. The molecule has 0 saturated carbocycles. The highest BCUT2D eigenvalue weighted by molar-refractivity contribution is 5.89. The zero-order valence-electron chi connectivity index (χ0n) is 8.22. The molecule has 0 fully saturated rings. The van der Waals surface area contributed by atoms with Crippen LogP contribution < -0.4 is 0 Å². The fraction of sp³-hybridized carbons (Fsp3) is 0.0769. The van der Waals surface area contributed by atoms with Crippen LogP contribution in [0.25, 0.3) is 11.1 Å². The van der Waals surface area contributed by atoms with Gasteiger partial charge >= 0.3 is 5.87 Å². The predicted octanol–water partition coefficient (Wildman–Crippen LogP) is 2.86. The second-order valence-corrected chi connectivity index (χ2v) is 3.27. The van der Waals surface area contributed by atoms with Crippen LogP contribution in [0.4, 0.5) is 0 Å². The Balaban J connectivity index is 2.52. The SMILES string of the molecule is [N-]=[N+]=C=C1CC=CC=C1c1ccccc1. The third-order valence-electron chi connectivity index (χ3n) is 2.32. The molecule has 0 aromatic heterocycles. The van der Waals surface area contributed by atoms with E-state index < -0.39 is 0 Å². The smallest absolute Gasteiger partial charge is 0.304 e. The zero-order valence-corrected chi connectivity index (χ0v) is 8.22. The van der Waals surface area contributed by atoms with E-state index in [0.717, 1.165) is 23.1 Å². The Labute approximate surface area is 88.5 Å². The van der Waals surface area contributed by atoms with Gasteiger partial charge < -0.3 is 5.53 Å². The van der Waals surface area contributed by atoms with Gasteiger partial charge in [-0.3, -0.25) is 0 Å². The van der Waals surface area contributed by atoms with Gasteiger partial charge in [0.15, 0.2) is 0 Å². The van der Waals surface area contributed by atoms with Crippen molar-refractivity contribution in [2.45, 2.75) is 6.42 Å². The molecule has 72 valence electrons. The lowest BCUT2D eigenvalue weighted by atomic mass is 9.93. The normalized spacial score (nSPS) is 14.1. The summed E-state index contributed by atoms with van der Waals surface area (Å²) in [4.78, 5) is 2.97. The van der Waals surface area contributed by atoms with E-state index in [1.54, 1.807) is 0 Å². The van der Waals surface area contributed by atoms with Crippen molar-refractivity contribution in [1.29, 1.82) is 0 Å². The summed E-state index contributed by atoms with van der Waals surface area (Å²) in [6.45, 7) is 0. The highest BCUT2D eigenvalue weighted by Gasteiger charge is 2.11. The second kappa shape index (κ2) is 4.39. The summed E-state index contributed by atoms with van der Waals surface area (Å²) >= 11 is 0. The van der Waals surface area contributed by atoms with E-state index in [2.05, 4.69) is 10.7 Å². The molecule has 15 heavy (non-hydrogen) atoms. The molecule has 1 aromatic carbocycles. The van der Waals surface area contributed by atoms with Crippen LogP contribution in [0, 0.1) is 0 Å². The standard InChI is InChI=1S/C13H10N2/c14-15-10-12-8-4-5-9-13(12)11-6-2-1-3-7-11/h1-7,9H,8H2. The molecule has 0 spiro atoms. The van der Waals surface area contributed by atoms with Crippen LogP contribution in [0.1, 0.15) is 12.0 Å². The van der Waals surface area contributed by atoms with Crippen molar-refractivity contribution >= 4 is 11.4 Å². The Hall–Kier alpha value is -2.14. The van der Waals surface area contributed by atoms with Crippen LogP contribution in [0.2, 0.25) is 0 Å². The molecule has 0 aliphatic heterocycles. The summed E-state index contributed by atoms with van der Waals surface area (Å²) < 4.78 is 0. The van der Waals surface area contributed by atoms with Crippen LogP contribution in [0.5, 0.6) is 0 Å². The molecule has 1 aliphatic rings. The van der Waals surface area contributed by atoms with Crippen LogP contribution in [-0.2, 0) is 0 Å². The van der Waals surface area contributed by atoms with Gasteiger partial charge in [0.25, 0.3) is 0 Å². The van der Waals surface area contributed by atoms with E-state index in [4.69, 9.17) is 5.53 Å². The first-order chi connectivity index (χ1) is 7.42.